The van der Waals surface area contributed by atoms with E-state index < -0.39 is 5.97 Å². The van der Waals surface area contributed by atoms with E-state index in [0.717, 1.165) is 11.1 Å². The number of nitrogens with one attached hydrogen (secondary N) is 1. The topological polar surface area (TPSA) is 84.9 Å². The van der Waals surface area contributed by atoms with Crippen molar-refractivity contribution >= 4 is 17.6 Å². The van der Waals surface area contributed by atoms with E-state index in [1.807, 2.05) is 19.1 Å². The predicted octanol–water partition coefficient (Wildman–Crippen LogP) is 3.05. The van der Waals surface area contributed by atoms with E-state index in [1.54, 1.807) is 18.2 Å². The van der Waals surface area contributed by atoms with Crippen molar-refractivity contribution < 1.29 is 24.2 Å². The molecule has 1 amide bonds. The van der Waals surface area contributed by atoms with Crippen molar-refractivity contribution in [3.05, 3.63) is 53.1 Å². The standard InChI is InChI=1S/C19H19NO5/c1-3-25-12-5-6-13-14(10-18(22)20-16(13)9-12)11-4-7-17(21)15(8-11)19(23)24-2/h4-9,14,21H,3,10H2,1-2H3,(H,20,22)/t14-/m0/s1. The van der Waals surface area contributed by atoms with E-state index in [4.69, 9.17) is 9.47 Å². The number of ether oxygens (including phenoxy) is 2. The lowest BCUT2D eigenvalue weighted by atomic mass is 9.84. The Bertz CT molecular complexity index is 831. The van der Waals surface area contributed by atoms with Gasteiger partial charge in [0.2, 0.25) is 5.91 Å². The molecule has 2 N–H and O–H groups in total. The number of hydrogen-bond acceptors (Lipinski definition) is 5. The average Bonchev–Trinajstić information content (AvgIpc) is 2.61. The number of rotatable bonds is 4. The van der Waals surface area contributed by atoms with Crippen LogP contribution in [0.15, 0.2) is 36.4 Å². The van der Waals surface area contributed by atoms with Crippen LogP contribution < -0.4 is 10.1 Å². The summed E-state index contributed by atoms with van der Waals surface area (Å²) in [4.78, 5) is 23.9. The molecule has 0 radical (unpaired) electrons. The highest BCUT2D eigenvalue weighted by Gasteiger charge is 2.28. The molecule has 25 heavy (non-hydrogen) atoms. The summed E-state index contributed by atoms with van der Waals surface area (Å²) in [5.74, 6) is -0.417. The first-order chi connectivity index (χ1) is 12.0. The van der Waals surface area contributed by atoms with Gasteiger partial charge in [0.15, 0.2) is 0 Å². The average molecular weight is 341 g/mol. The van der Waals surface area contributed by atoms with Crippen LogP contribution in [-0.4, -0.2) is 30.7 Å². The summed E-state index contributed by atoms with van der Waals surface area (Å²) < 4.78 is 10.2. The van der Waals surface area contributed by atoms with Crippen LogP contribution in [0.4, 0.5) is 5.69 Å². The number of carbonyl (C=O) groups excluding carboxylic acids is 2. The molecule has 0 saturated carbocycles. The molecule has 0 bridgehead atoms. The van der Waals surface area contributed by atoms with Gasteiger partial charge in [-0.05, 0) is 36.2 Å². The molecule has 1 heterocycles. The summed E-state index contributed by atoms with van der Waals surface area (Å²) in [6, 6.07) is 10.3. The van der Waals surface area contributed by atoms with Crippen molar-refractivity contribution in [2.45, 2.75) is 19.3 Å². The molecule has 6 nitrogen and oxygen atoms in total. The van der Waals surface area contributed by atoms with E-state index in [-0.39, 0.29) is 29.6 Å². The zero-order valence-corrected chi connectivity index (χ0v) is 14.0. The van der Waals surface area contributed by atoms with Gasteiger partial charge in [0.05, 0.1) is 13.7 Å². The summed E-state index contributed by atoms with van der Waals surface area (Å²) >= 11 is 0. The fourth-order valence-electron chi connectivity index (χ4n) is 3.04. The molecule has 0 aliphatic carbocycles. The molecule has 0 spiro atoms. The quantitative estimate of drug-likeness (QED) is 0.835. The maximum Gasteiger partial charge on any atom is 0.341 e. The van der Waals surface area contributed by atoms with Crippen molar-refractivity contribution in [1.82, 2.24) is 0 Å². The molecule has 1 aliphatic heterocycles. The van der Waals surface area contributed by atoms with Gasteiger partial charge in [-0.15, -0.1) is 0 Å². The van der Waals surface area contributed by atoms with Gasteiger partial charge in [-0.1, -0.05) is 12.1 Å². The zero-order valence-electron chi connectivity index (χ0n) is 14.0. The number of benzene rings is 2. The third-order valence-corrected chi connectivity index (χ3v) is 4.20. The number of amides is 1. The molecule has 6 heteroatoms. The van der Waals surface area contributed by atoms with Crippen LogP contribution in [0, 0.1) is 0 Å². The first-order valence-corrected chi connectivity index (χ1v) is 8.01. The maximum atomic E-state index is 12.1. The van der Waals surface area contributed by atoms with Crippen LogP contribution in [0.2, 0.25) is 0 Å². The summed E-state index contributed by atoms with van der Waals surface area (Å²) in [5, 5.41) is 12.7. The van der Waals surface area contributed by atoms with Gasteiger partial charge in [-0.2, -0.15) is 0 Å². The number of hydrogen-bond donors (Lipinski definition) is 2. The molecular weight excluding hydrogens is 322 g/mol. The van der Waals surface area contributed by atoms with Gasteiger partial charge in [-0.3, -0.25) is 4.79 Å². The van der Waals surface area contributed by atoms with Gasteiger partial charge in [0.25, 0.3) is 0 Å². The second-order valence-corrected chi connectivity index (χ2v) is 5.76. The number of carbonyl (C=O) groups is 2. The van der Waals surface area contributed by atoms with Gasteiger partial charge in [0, 0.05) is 24.1 Å². The summed E-state index contributed by atoms with van der Waals surface area (Å²) in [6.45, 7) is 2.43. The van der Waals surface area contributed by atoms with E-state index in [1.165, 1.54) is 13.2 Å². The van der Waals surface area contributed by atoms with Gasteiger partial charge in [0.1, 0.15) is 17.1 Å². The second kappa shape index (κ2) is 6.84. The molecule has 0 fully saturated rings. The Labute approximate surface area is 145 Å². The van der Waals surface area contributed by atoms with Gasteiger partial charge < -0.3 is 19.9 Å². The first kappa shape index (κ1) is 16.8. The summed E-state index contributed by atoms with van der Waals surface area (Å²) in [6.07, 6.45) is 0.256. The molecule has 1 atom stereocenters. The van der Waals surface area contributed by atoms with Crippen molar-refractivity contribution in [1.29, 1.82) is 0 Å². The van der Waals surface area contributed by atoms with Crippen LogP contribution in [0.25, 0.3) is 0 Å². The molecule has 0 aromatic heterocycles. The number of phenolic OH excluding ortho intramolecular Hbond substituents is 1. The number of aromatic hydroxyl groups is 1. The van der Waals surface area contributed by atoms with Crippen LogP contribution in [0.1, 0.15) is 40.7 Å². The third kappa shape index (κ3) is 3.28. The molecule has 2 aromatic rings. The SMILES string of the molecule is CCOc1ccc2c(c1)NC(=O)C[C@H]2c1ccc(O)c(C(=O)OC)c1. The highest BCUT2D eigenvalue weighted by Crippen LogP contribution is 2.39. The fraction of sp³-hybridized carbons (Fsp3) is 0.263. The lowest BCUT2D eigenvalue weighted by Gasteiger charge is -2.26. The second-order valence-electron chi connectivity index (χ2n) is 5.76. The zero-order chi connectivity index (χ0) is 18.0. The van der Waals surface area contributed by atoms with Crippen LogP contribution in [-0.2, 0) is 9.53 Å². The minimum Gasteiger partial charge on any atom is -0.507 e. The number of methoxy groups -OCH3 is 1. The number of esters is 1. The molecule has 0 saturated heterocycles. The van der Waals surface area contributed by atoms with Crippen LogP contribution >= 0.6 is 0 Å². The fourth-order valence-corrected chi connectivity index (χ4v) is 3.04. The Morgan fingerprint density at radius 3 is 2.80 bits per heavy atom. The molecule has 0 unspecified atom stereocenters. The summed E-state index contributed by atoms with van der Waals surface area (Å²) in [5.41, 5.74) is 2.47. The monoisotopic (exact) mass is 341 g/mol. The number of phenols is 1. The van der Waals surface area contributed by atoms with Gasteiger partial charge in [-0.25, -0.2) is 4.79 Å². The van der Waals surface area contributed by atoms with Crippen molar-refractivity contribution in [2.24, 2.45) is 0 Å². The van der Waals surface area contributed by atoms with Crippen molar-refractivity contribution in [3.8, 4) is 11.5 Å². The predicted molar refractivity (Wildman–Crippen MR) is 92.1 cm³/mol. The van der Waals surface area contributed by atoms with E-state index >= 15 is 0 Å². The Morgan fingerprint density at radius 1 is 1.28 bits per heavy atom. The lowest BCUT2D eigenvalue weighted by Crippen LogP contribution is -2.23. The van der Waals surface area contributed by atoms with E-state index in [9.17, 15) is 14.7 Å². The van der Waals surface area contributed by atoms with E-state index in [0.29, 0.717) is 18.0 Å². The molecule has 1 aliphatic rings. The van der Waals surface area contributed by atoms with Crippen molar-refractivity contribution in [3.63, 3.8) is 0 Å². The summed E-state index contributed by atoms with van der Waals surface area (Å²) in [7, 11) is 1.26. The van der Waals surface area contributed by atoms with E-state index in [2.05, 4.69) is 5.32 Å². The maximum absolute atomic E-state index is 12.1. The molecular formula is C19H19NO5. The Kier molecular flexibility index (Phi) is 4.61. The highest BCUT2D eigenvalue weighted by atomic mass is 16.5. The Hall–Kier alpha value is -3.02. The molecule has 2 aromatic carbocycles. The minimum atomic E-state index is -0.619. The Balaban J connectivity index is 2.04. The van der Waals surface area contributed by atoms with Crippen LogP contribution in [0.5, 0.6) is 11.5 Å². The normalized spacial score (nSPS) is 15.9. The van der Waals surface area contributed by atoms with Crippen LogP contribution in [0.3, 0.4) is 0 Å². The third-order valence-electron chi connectivity index (χ3n) is 4.20. The molecule has 3 rings (SSSR count). The highest BCUT2D eigenvalue weighted by molar-refractivity contribution is 5.96. The Morgan fingerprint density at radius 2 is 2.08 bits per heavy atom. The smallest absolute Gasteiger partial charge is 0.341 e. The minimum absolute atomic E-state index is 0.0819. The largest absolute Gasteiger partial charge is 0.507 e. The van der Waals surface area contributed by atoms with Gasteiger partial charge >= 0.3 is 5.97 Å². The number of anilines is 1. The van der Waals surface area contributed by atoms with Crippen molar-refractivity contribution in [2.75, 3.05) is 19.0 Å². The first-order valence-electron chi connectivity index (χ1n) is 8.01. The number of fused-ring (bicyclic) bond motifs is 1. The lowest BCUT2D eigenvalue weighted by molar-refractivity contribution is -0.116. The molecule has 130 valence electrons.